The first kappa shape index (κ1) is 28.3. The highest BCUT2D eigenvalue weighted by molar-refractivity contribution is 6.24. The van der Waals surface area contributed by atoms with Crippen LogP contribution >= 0.6 is 0 Å². The van der Waals surface area contributed by atoms with Gasteiger partial charge in [0.05, 0.1) is 18.3 Å². The molecule has 7 N–H and O–H groups in total. The van der Waals surface area contributed by atoms with Gasteiger partial charge < -0.3 is 35.6 Å². The molecule has 0 aromatic heterocycles. The van der Waals surface area contributed by atoms with Crippen molar-refractivity contribution in [2.24, 2.45) is 23.5 Å². The molecule has 5 atom stereocenters. The Hall–Kier alpha value is -4.26. The molecule has 0 heterocycles. The number of aromatic hydroxyl groups is 1. The number of nitrogens with two attached hydrogens (primary N) is 1. The summed E-state index contributed by atoms with van der Waals surface area (Å²) in [6.45, 7) is 0.360. The van der Waals surface area contributed by atoms with Crippen molar-refractivity contribution >= 4 is 35.0 Å². The number of hydrogen-bond acceptors (Lipinski definition) is 10. The highest BCUT2D eigenvalue weighted by atomic mass is 16.6. The van der Waals surface area contributed by atoms with Crippen LogP contribution in [-0.4, -0.2) is 76.0 Å². The predicted octanol–water partition coefficient (Wildman–Crippen LogP) is 1.45. The Balaban J connectivity index is 1.49. The van der Waals surface area contributed by atoms with Crippen LogP contribution in [0.1, 0.15) is 24.0 Å². The molecular formula is C29H30N2O10. The van der Waals surface area contributed by atoms with Crippen LogP contribution in [0.15, 0.2) is 42.0 Å². The molecule has 0 radical (unpaired) electrons. The average Bonchev–Trinajstić information content (AvgIpc) is 2.91. The summed E-state index contributed by atoms with van der Waals surface area (Å²) in [5, 5.41) is 46.4. The van der Waals surface area contributed by atoms with E-state index in [0.29, 0.717) is 22.4 Å². The first-order valence-corrected chi connectivity index (χ1v) is 13.1. The summed E-state index contributed by atoms with van der Waals surface area (Å²) in [5.41, 5.74) is 4.82. The fraction of sp³-hybridized carbons (Fsp3) is 0.379. The van der Waals surface area contributed by atoms with Gasteiger partial charge in [0.15, 0.2) is 11.4 Å². The van der Waals surface area contributed by atoms with E-state index in [0.717, 1.165) is 0 Å². The molecule has 0 spiro atoms. The molecule has 2 amide bonds. The van der Waals surface area contributed by atoms with Crippen molar-refractivity contribution in [3.05, 3.63) is 53.1 Å². The smallest absolute Gasteiger partial charge is 0.411 e. The van der Waals surface area contributed by atoms with Crippen LogP contribution in [0.5, 0.6) is 5.75 Å². The molecule has 2 fully saturated rings. The second kappa shape index (κ2) is 10.6. The van der Waals surface area contributed by atoms with Gasteiger partial charge in [-0.1, -0.05) is 18.2 Å². The van der Waals surface area contributed by atoms with Gasteiger partial charge in [-0.25, -0.2) is 4.79 Å². The van der Waals surface area contributed by atoms with Crippen LogP contribution in [0.4, 0.5) is 10.5 Å². The Morgan fingerprint density at radius 3 is 2.44 bits per heavy atom. The summed E-state index contributed by atoms with van der Waals surface area (Å²) in [6.07, 6.45) is -2.04. The van der Waals surface area contributed by atoms with Crippen LogP contribution < -0.4 is 11.1 Å². The van der Waals surface area contributed by atoms with Gasteiger partial charge in [0.1, 0.15) is 24.0 Å². The van der Waals surface area contributed by atoms with Gasteiger partial charge in [0.2, 0.25) is 11.7 Å². The minimum Gasteiger partial charge on any atom is -0.507 e. The van der Waals surface area contributed by atoms with Crippen molar-refractivity contribution in [2.75, 3.05) is 25.6 Å². The number of ether oxygens (including phenoxy) is 2. The summed E-state index contributed by atoms with van der Waals surface area (Å²) in [5.74, 6) is -7.62. The summed E-state index contributed by atoms with van der Waals surface area (Å²) in [7, 11) is 1.49. The molecule has 0 aliphatic heterocycles. The van der Waals surface area contributed by atoms with E-state index in [2.05, 4.69) is 5.32 Å². The zero-order chi connectivity index (χ0) is 29.6. The molecule has 0 bridgehead atoms. The lowest BCUT2D eigenvalue weighted by Crippen LogP contribution is -2.66. The fourth-order valence-electron chi connectivity index (χ4n) is 6.30. The van der Waals surface area contributed by atoms with E-state index < -0.39 is 58.8 Å². The number of fused-ring (bicyclic) bond motifs is 3. The Bertz CT molecular complexity index is 1470. The number of carbonyl (C=O) groups is 4. The number of hydrogen-bond donors (Lipinski definition) is 6. The summed E-state index contributed by atoms with van der Waals surface area (Å²) in [4.78, 5) is 50.5. The lowest BCUT2D eigenvalue weighted by molar-refractivity contribution is -0.174. The number of anilines is 1. The standard InChI is InChI=1S/C29H30N2O10/c1-40-8-9-41-28(38)31-16-4-2-13(3-5-16)17-6-7-19(32)22-18(17)11-14-10-15-12-20(33)23(27(30)37)26(36)29(15,39)25(35)21(14)24(22)34/h2-7,14-15,20,23,32-34,39H,8-12H2,1H3,(H2,30,37)(H,31,38)/t14-,15+,20?,23?,29+/m1/s1. The van der Waals surface area contributed by atoms with Gasteiger partial charge in [-0.2, -0.15) is 0 Å². The minimum absolute atomic E-state index is 0.00261. The van der Waals surface area contributed by atoms with Gasteiger partial charge in [0, 0.05) is 24.3 Å². The van der Waals surface area contributed by atoms with E-state index >= 15 is 0 Å². The lowest BCUT2D eigenvalue weighted by atomic mass is 9.56. The fourth-order valence-corrected chi connectivity index (χ4v) is 6.30. The SMILES string of the molecule is COCCOC(=O)Nc1ccc(-c2ccc(O)c3c2C[C@H]2C[C@H]4CC(O)C(C(N)=O)C(=O)[C@@]4(O)C(=O)C2=C3O)cc1. The third-order valence-electron chi connectivity index (χ3n) is 8.23. The summed E-state index contributed by atoms with van der Waals surface area (Å²) >= 11 is 0. The second-order valence-electron chi connectivity index (χ2n) is 10.6. The number of Topliss-reactive ketones (excluding diaryl/α,β-unsaturated/α-hetero) is 2. The Labute approximate surface area is 234 Å². The number of benzene rings is 2. The molecule has 2 aromatic rings. The molecule has 3 aliphatic rings. The molecule has 41 heavy (non-hydrogen) atoms. The number of nitrogens with one attached hydrogen (secondary N) is 1. The lowest BCUT2D eigenvalue weighted by Gasteiger charge is -2.48. The zero-order valence-corrected chi connectivity index (χ0v) is 22.1. The predicted molar refractivity (Wildman–Crippen MR) is 144 cm³/mol. The van der Waals surface area contributed by atoms with E-state index in [1.54, 1.807) is 30.3 Å². The third kappa shape index (κ3) is 4.63. The molecule has 216 valence electrons. The number of rotatable bonds is 6. The normalized spacial score (nSPS) is 27.0. The van der Waals surface area contributed by atoms with Crippen LogP contribution in [0, 0.1) is 17.8 Å². The number of methoxy groups -OCH3 is 1. The Kier molecular flexibility index (Phi) is 7.32. The summed E-state index contributed by atoms with van der Waals surface area (Å²) < 4.78 is 9.84. The summed E-state index contributed by atoms with van der Waals surface area (Å²) in [6, 6.07) is 9.81. The largest absolute Gasteiger partial charge is 0.507 e. The van der Waals surface area contributed by atoms with Crippen molar-refractivity contribution in [3.63, 3.8) is 0 Å². The molecular weight excluding hydrogens is 536 g/mol. The van der Waals surface area contributed by atoms with Crippen molar-refractivity contribution in [1.82, 2.24) is 0 Å². The van der Waals surface area contributed by atoms with Gasteiger partial charge in [-0.05, 0) is 60.1 Å². The number of phenols is 1. The molecule has 0 saturated heterocycles. The maximum absolute atomic E-state index is 13.6. The van der Waals surface area contributed by atoms with E-state index in [1.807, 2.05) is 0 Å². The van der Waals surface area contributed by atoms with Gasteiger partial charge >= 0.3 is 6.09 Å². The van der Waals surface area contributed by atoms with Crippen molar-refractivity contribution in [3.8, 4) is 16.9 Å². The third-order valence-corrected chi connectivity index (χ3v) is 8.23. The number of carbonyl (C=O) groups excluding carboxylic acids is 4. The number of ketones is 2. The van der Waals surface area contributed by atoms with Gasteiger partial charge in [-0.3, -0.25) is 19.7 Å². The number of aliphatic hydroxyl groups is 3. The van der Waals surface area contributed by atoms with Crippen molar-refractivity contribution in [2.45, 2.75) is 31.0 Å². The van der Waals surface area contributed by atoms with Crippen LogP contribution in [0.3, 0.4) is 0 Å². The maximum Gasteiger partial charge on any atom is 0.411 e. The van der Waals surface area contributed by atoms with E-state index in [1.165, 1.54) is 13.2 Å². The molecule has 12 nitrogen and oxygen atoms in total. The topological polar surface area (TPSA) is 206 Å². The molecule has 2 aromatic carbocycles. The maximum atomic E-state index is 13.6. The first-order chi connectivity index (χ1) is 19.5. The van der Waals surface area contributed by atoms with Crippen LogP contribution in [0.25, 0.3) is 16.9 Å². The monoisotopic (exact) mass is 566 g/mol. The highest BCUT2D eigenvalue weighted by Gasteiger charge is 2.63. The number of amides is 2. The Morgan fingerprint density at radius 1 is 1.07 bits per heavy atom. The highest BCUT2D eigenvalue weighted by Crippen LogP contribution is 2.52. The molecule has 3 aliphatic carbocycles. The molecule has 2 saturated carbocycles. The number of primary amides is 1. The molecule has 2 unspecified atom stereocenters. The van der Waals surface area contributed by atoms with Gasteiger partial charge in [-0.15, -0.1) is 0 Å². The number of phenolic OH excluding ortho intramolecular Hbond substituents is 1. The van der Waals surface area contributed by atoms with E-state index in [4.69, 9.17) is 15.2 Å². The van der Waals surface area contributed by atoms with Crippen LogP contribution in [0.2, 0.25) is 0 Å². The quantitative estimate of drug-likeness (QED) is 0.219. The number of aliphatic hydroxyl groups excluding tert-OH is 2. The first-order valence-electron chi connectivity index (χ1n) is 13.1. The van der Waals surface area contributed by atoms with E-state index in [-0.39, 0.29) is 49.4 Å². The van der Waals surface area contributed by atoms with Crippen molar-refractivity contribution < 1.29 is 49.1 Å². The average molecular weight is 567 g/mol. The zero-order valence-electron chi connectivity index (χ0n) is 22.1. The van der Waals surface area contributed by atoms with Gasteiger partial charge in [0.25, 0.3) is 0 Å². The minimum atomic E-state index is -2.63. The molecule has 5 rings (SSSR count). The molecule has 12 heteroatoms. The van der Waals surface area contributed by atoms with Crippen LogP contribution in [-0.2, 0) is 30.3 Å². The second-order valence-corrected chi connectivity index (χ2v) is 10.6. The Morgan fingerprint density at radius 2 is 1.78 bits per heavy atom. The van der Waals surface area contributed by atoms with Crippen molar-refractivity contribution in [1.29, 1.82) is 0 Å². The van der Waals surface area contributed by atoms with E-state index in [9.17, 15) is 39.6 Å².